The molecule has 0 fully saturated rings. The number of pyridine rings is 1. The first kappa shape index (κ1) is 17.1. The molecule has 0 amide bonds. The highest BCUT2D eigenvalue weighted by molar-refractivity contribution is 7.89. The summed E-state index contributed by atoms with van der Waals surface area (Å²) in [4.78, 5) is 3.21. The zero-order chi connectivity index (χ0) is 18.2. The molecular weight excluding hydrogens is 357 g/mol. The standard InChI is InChI=1S/C15H11F3N4O2S/c16-11-6-9(3-4-14(11)25(19,23)24)13-7-12(15(17)18)21-22(13)10-2-1-5-20-8-10/h1-8,15H,(H2,19,23,24). The van der Waals surface area contributed by atoms with Crippen LogP contribution in [0.2, 0.25) is 0 Å². The maximum atomic E-state index is 14.1. The Kier molecular flexibility index (Phi) is 4.31. The third-order valence-electron chi connectivity index (χ3n) is 3.38. The molecule has 0 atom stereocenters. The highest BCUT2D eigenvalue weighted by Crippen LogP contribution is 2.29. The Morgan fingerprint density at radius 3 is 2.48 bits per heavy atom. The first-order chi connectivity index (χ1) is 11.8. The Bertz CT molecular complexity index is 1020. The maximum Gasteiger partial charge on any atom is 0.282 e. The number of benzene rings is 1. The number of nitrogens with zero attached hydrogens (tertiary/aromatic N) is 3. The Morgan fingerprint density at radius 2 is 1.92 bits per heavy atom. The van der Waals surface area contributed by atoms with Crippen LogP contribution in [-0.2, 0) is 10.0 Å². The monoisotopic (exact) mass is 368 g/mol. The Morgan fingerprint density at radius 1 is 1.16 bits per heavy atom. The van der Waals surface area contributed by atoms with Crippen LogP contribution < -0.4 is 5.14 Å². The fourth-order valence-corrected chi connectivity index (χ4v) is 2.87. The van der Waals surface area contributed by atoms with Gasteiger partial charge in [0.1, 0.15) is 16.4 Å². The predicted octanol–water partition coefficient (Wildman–Crippen LogP) is 2.66. The first-order valence-corrected chi connectivity index (χ1v) is 8.43. The van der Waals surface area contributed by atoms with Crippen molar-refractivity contribution >= 4 is 10.0 Å². The summed E-state index contributed by atoms with van der Waals surface area (Å²) in [6.07, 6.45) is 0.0763. The summed E-state index contributed by atoms with van der Waals surface area (Å²) >= 11 is 0. The van der Waals surface area contributed by atoms with Crippen molar-refractivity contribution in [3.63, 3.8) is 0 Å². The van der Waals surface area contributed by atoms with Crippen LogP contribution in [0.25, 0.3) is 16.9 Å². The number of sulfonamides is 1. The molecule has 0 bridgehead atoms. The summed E-state index contributed by atoms with van der Waals surface area (Å²) in [6.45, 7) is 0. The largest absolute Gasteiger partial charge is 0.282 e. The van der Waals surface area contributed by atoms with Crippen LogP contribution in [0.1, 0.15) is 12.1 Å². The number of alkyl halides is 2. The summed E-state index contributed by atoms with van der Waals surface area (Å²) in [5.41, 5.74) is 0.200. The van der Waals surface area contributed by atoms with E-state index in [1.807, 2.05) is 0 Å². The second kappa shape index (κ2) is 6.30. The molecule has 2 heterocycles. The van der Waals surface area contributed by atoms with E-state index in [9.17, 15) is 21.6 Å². The van der Waals surface area contributed by atoms with E-state index in [4.69, 9.17) is 5.14 Å². The van der Waals surface area contributed by atoms with Gasteiger partial charge >= 0.3 is 0 Å². The van der Waals surface area contributed by atoms with Crippen LogP contribution in [0, 0.1) is 5.82 Å². The van der Waals surface area contributed by atoms with E-state index in [0.717, 1.165) is 18.2 Å². The van der Waals surface area contributed by atoms with Crippen molar-refractivity contribution in [2.24, 2.45) is 5.14 Å². The molecule has 0 saturated carbocycles. The lowest BCUT2D eigenvalue weighted by Crippen LogP contribution is -2.14. The molecule has 10 heteroatoms. The normalized spacial score (nSPS) is 11.9. The van der Waals surface area contributed by atoms with Crippen molar-refractivity contribution in [3.05, 3.63) is 60.3 Å². The summed E-state index contributed by atoms with van der Waals surface area (Å²) in [7, 11) is -4.23. The van der Waals surface area contributed by atoms with Gasteiger partial charge in [-0.25, -0.2) is 31.4 Å². The van der Waals surface area contributed by atoms with E-state index in [1.165, 1.54) is 23.1 Å². The average molecular weight is 368 g/mol. The molecule has 2 N–H and O–H groups in total. The van der Waals surface area contributed by atoms with Gasteiger partial charge in [-0.3, -0.25) is 4.98 Å². The molecule has 25 heavy (non-hydrogen) atoms. The fourth-order valence-electron chi connectivity index (χ4n) is 2.28. The third kappa shape index (κ3) is 3.39. The molecule has 0 radical (unpaired) electrons. The number of aromatic nitrogens is 3. The molecule has 2 aromatic heterocycles. The van der Waals surface area contributed by atoms with Gasteiger partial charge in [0.15, 0.2) is 0 Å². The molecule has 0 spiro atoms. The third-order valence-corrected chi connectivity index (χ3v) is 4.32. The highest BCUT2D eigenvalue weighted by atomic mass is 32.2. The minimum atomic E-state index is -4.23. The number of nitrogens with two attached hydrogens (primary N) is 1. The number of halogens is 3. The smallest absolute Gasteiger partial charge is 0.262 e. The molecule has 0 saturated heterocycles. The van der Waals surface area contributed by atoms with Crippen LogP contribution in [0.4, 0.5) is 13.2 Å². The molecule has 0 aliphatic heterocycles. The Hall–Kier alpha value is -2.72. The molecule has 0 aliphatic rings. The van der Waals surface area contributed by atoms with E-state index in [-0.39, 0.29) is 11.3 Å². The molecule has 130 valence electrons. The van der Waals surface area contributed by atoms with Gasteiger partial charge in [0, 0.05) is 11.8 Å². The minimum Gasteiger partial charge on any atom is -0.262 e. The fraction of sp³-hybridized carbons (Fsp3) is 0.0667. The van der Waals surface area contributed by atoms with Crippen molar-refractivity contribution < 1.29 is 21.6 Å². The second-order valence-electron chi connectivity index (χ2n) is 5.07. The van der Waals surface area contributed by atoms with Gasteiger partial charge in [-0.1, -0.05) is 6.07 Å². The van der Waals surface area contributed by atoms with Gasteiger partial charge in [0.2, 0.25) is 10.0 Å². The van der Waals surface area contributed by atoms with E-state index in [2.05, 4.69) is 10.1 Å². The van der Waals surface area contributed by atoms with Gasteiger partial charge in [-0.2, -0.15) is 5.10 Å². The topological polar surface area (TPSA) is 90.9 Å². The van der Waals surface area contributed by atoms with Crippen LogP contribution in [0.5, 0.6) is 0 Å². The quantitative estimate of drug-likeness (QED) is 0.766. The molecule has 0 unspecified atom stereocenters. The SMILES string of the molecule is NS(=O)(=O)c1ccc(-c2cc(C(F)F)nn2-c2cccnc2)cc1F. The minimum absolute atomic E-state index is 0.156. The van der Waals surface area contributed by atoms with Crippen LogP contribution in [0.15, 0.2) is 53.7 Å². The Balaban J connectivity index is 2.19. The van der Waals surface area contributed by atoms with E-state index in [1.54, 1.807) is 12.1 Å². The lowest BCUT2D eigenvalue weighted by molar-refractivity contribution is 0.145. The van der Waals surface area contributed by atoms with E-state index < -0.39 is 32.9 Å². The van der Waals surface area contributed by atoms with Gasteiger partial charge in [-0.05, 0) is 30.3 Å². The van der Waals surface area contributed by atoms with E-state index in [0.29, 0.717) is 5.69 Å². The van der Waals surface area contributed by atoms with Crippen molar-refractivity contribution in [1.29, 1.82) is 0 Å². The van der Waals surface area contributed by atoms with E-state index >= 15 is 0 Å². The number of hydrogen-bond acceptors (Lipinski definition) is 4. The summed E-state index contributed by atoms with van der Waals surface area (Å²) in [6, 6.07) is 7.42. The van der Waals surface area contributed by atoms with Crippen molar-refractivity contribution in [2.45, 2.75) is 11.3 Å². The molecule has 3 rings (SSSR count). The molecule has 0 aliphatic carbocycles. The molecule has 1 aromatic carbocycles. The first-order valence-electron chi connectivity index (χ1n) is 6.88. The van der Waals surface area contributed by atoms with Crippen molar-refractivity contribution in [2.75, 3.05) is 0 Å². The lowest BCUT2D eigenvalue weighted by Gasteiger charge is -2.08. The molecular formula is C15H11F3N4O2S. The highest BCUT2D eigenvalue weighted by Gasteiger charge is 2.20. The van der Waals surface area contributed by atoms with Gasteiger partial charge < -0.3 is 0 Å². The molecule has 3 aromatic rings. The zero-order valence-corrected chi connectivity index (χ0v) is 13.3. The summed E-state index contributed by atoms with van der Waals surface area (Å²) in [5.74, 6) is -1.09. The number of primary sulfonamides is 1. The van der Waals surface area contributed by atoms with Gasteiger partial charge in [0.05, 0.1) is 17.6 Å². The Labute approximate surface area is 140 Å². The zero-order valence-electron chi connectivity index (χ0n) is 12.5. The van der Waals surface area contributed by atoms with Crippen LogP contribution in [-0.4, -0.2) is 23.2 Å². The second-order valence-corrected chi connectivity index (χ2v) is 6.60. The lowest BCUT2D eigenvalue weighted by atomic mass is 10.1. The maximum absolute atomic E-state index is 14.1. The summed E-state index contributed by atoms with van der Waals surface area (Å²) < 4.78 is 63.9. The predicted molar refractivity (Wildman–Crippen MR) is 83.1 cm³/mol. The number of rotatable bonds is 4. The van der Waals surface area contributed by atoms with Crippen LogP contribution >= 0.6 is 0 Å². The van der Waals surface area contributed by atoms with Gasteiger partial charge in [0.25, 0.3) is 6.43 Å². The summed E-state index contributed by atoms with van der Waals surface area (Å²) in [5, 5.41) is 8.74. The van der Waals surface area contributed by atoms with Crippen LogP contribution in [0.3, 0.4) is 0 Å². The van der Waals surface area contributed by atoms with Gasteiger partial charge in [-0.15, -0.1) is 0 Å². The number of hydrogen-bond donors (Lipinski definition) is 1. The average Bonchev–Trinajstić information content (AvgIpc) is 3.00. The molecule has 6 nitrogen and oxygen atoms in total. The van der Waals surface area contributed by atoms with Crippen molar-refractivity contribution in [1.82, 2.24) is 14.8 Å². The van der Waals surface area contributed by atoms with Crippen molar-refractivity contribution in [3.8, 4) is 16.9 Å².